The maximum atomic E-state index is 13.2. The number of amides is 1. The van der Waals surface area contributed by atoms with Gasteiger partial charge in [0.15, 0.2) is 0 Å². The first-order chi connectivity index (χ1) is 15.1. The Kier molecular flexibility index (Phi) is 6.49. The third kappa shape index (κ3) is 4.27. The van der Waals surface area contributed by atoms with Gasteiger partial charge in [-0.1, -0.05) is 51.5 Å². The SMILES string of the molecule is CCCCCCCNC(=O)c1cc2c(=O)n3ccccc3nc2n(C2CCCC2)c1=N. The summed E-state index contributed by atoms with van der Waals surface area (Å²) in [6, 6.07) is 7.08. The number of rotatable bonds is 8. The molecule has 1 saturated carbocycles. The summed E-state index contributed by atoms with van der Waals surface area (Å²) in [6.07, 6.45) is 11.3. The average molecular weight is 422 g/mol. The van der Waals surface area contributed by atoms with Crippen LogP contribution in [0, 0.1) is 5.41 Å². The molecule has 0 bridgehead atoms. The van der Waals surface area contributed by atoms with Gasteiger partial charge in [-0.15, -0.1) is 0 Å². The molecule has 7 heteroatoms. The Bertz CT molecular complexity index is 1200. The van der Waals surface area contributed by atoms with Crippen molar-refractivity contribution >= 4 is 22.6 Å². The minimum atomic E-state index is -0.285. The Labute approximate surface area is 181 Å². The van der Waals surface area contributed by atoms with Crippen molar-refractivity contribution in [1.29, 1.82) is 5.41 Å². The molecular weight excluding hydrogens is 390 g/mol. The molecule has 1 fully saturated rings. The lowest BCUT2D eigenvalue weighted by Gasteiger charge is -2.19. The number of pyridine rings is 2. The second-order valence-corrected chi connectivity index (χ2v) is 8.47. The van der Waals surface area contributed by atoms with Gasteiger partial charge in [0, 0.05) is 18.8 Å². The maximum Gasteiger partial charge on any atom is 0.267 e. The zero-order valence-electron chi connectivity index (χ0n) is 18.2. The Hall–Kier alpha value is -2.96. The number of unbranched alkanes of at least 4 members (excludes halogenated alkanes) is 4. The first-order valence-corrected chi connectivity index (χ1v) is 11.5. The van der Waals surface area contributed by atoms with E-state index in [1.807, 2.05) is 10.6 Å². The van der Waals surface area contributed by atoms with Crippen molar-refractivity contribution in [2.24, 2.45) is 0 Å². The number of hydrogen-bond donors (Lipinski definition) is 2. The molecule has 0 aromatic carbocycles. The maximum absolute atomic E-state index is 13.2. The molecule has 164 valence electrons. The number of hydrogen-bond acceptors (Lipinski definition) is 4. The van der Waals surface area contributed by atoms with Crippen LogP contribution < -0.4 is 16.4 Å². The van der Waals surface area contributed by atoms with E-state index in [1.165, 1.54) is 23.7 Å². The summed E-state index contributed by atoms with van der Waals surface area (Å²) in [7, 11) is 0. The summed E-state index contributed by atoms with van der Waals surface area (Å²) < 4.78 is 3.33. The number of fused-ring (bicyclic) bond motifs is 2. The van der Waals surface area contributed by atoms with E-state index in [2.05, 4.69) is 12.2 Å². The predicted molar refractivity (Wildman–Crippen MR) is 121 cm³/mol. The molecule has 3 heterocycles. The summed E-state index contributed by atoms with van der Waals surface area (Å²) in [5, 5.41) is 12.2. The monoisotopic (exact) mass is 421 g/mol. The third-order valence-electron chi connectivity index (χ3n) is 6.26. The van der Waals surface area contributed by atoms with E-state index < -0.39 is 0 Å². The van der Waals surface area contributed by atoms with Gasteiger partial charge >= 0.3 is 0 Å². The van der Waals surface area contributed by atoms with Gasteiger partial charge in [-0.05, 0) is 37.5 Å². The van der Waals surface area contributed by atoms with Crippen molar-refractivity contribution < 1.29 is 4.79 Å². The molecular formula is C24H31N5O2. The number of carbonyl (C=O) groups excluding carboxylic acids is 1. The summed E-state index contributed by atoms with van der Waals surface area (Å²) in [5.74, 6) is -0.285. The fourth-order valence-electron chi connectivity index (χ4n) is 4.57. The topological polar surface area (TPSA) is 92.2 Å². The van der Waals surface area contributed by atoms with Crippen LogP contribution in [0.2, 0.25) is 0 Å². The number of nitrogens with one attached hydrogen (secondary N) is 2. The fraction of sp³-hybridized carbons (Fsp3) is 0.500. The van der Waals surface area contributed by atoms with Gasteiger partial charge in [-0.25, -0.2) is 4.98 Å². The molecule has 0 radical (unpaired) electrons. The molecule has 1 amide bonds. The molecule has 3 aromatic rings. The van der Waals surface area contributed by atoms with Gasteiger partial charge in [0.05, 0.1) is 10.9 Å². The van der Waals surface area contributed by atoms with E-state index in [9.17, 15) is 9.59 Å². The molecule has 0 spiro atoms. The quantitative estimate of drug-likeness (QED) is 0.426. The number of aromatic nitrogens is 3. The second kappa shape index (κ2) is 9.45. The normalized spacial score (nSPS) is 14.5. The van der Waals surface area contributed by atoms with Crippen LogP contribution in [-0.4, -0.2) is 26.4 Å². The third-order valence-corrected chi connectivity index (χ3v) is 6.26. The van der Waals surface area contributed by atoms with Crippen LogP contribution in [0.5, 0.6) is 0 Å². The molecule has 1 aliphatic rings. The van der Waals surface area contributed by atoms with E-state index >= 15 is 0 Å². The van der Waals surface area contributed by atoms with Crippen LogP contribution in [0.1, 0.15) is 81.1 Å². The van der Waals surface area contributed by atoms with Crippen molar-refractivity contribution in [3.63, 3.8) is 0 Å². The summed E-state index contributed by atoms with van der Waals surface area (Å²) in [4.78, 5) is 30.9. The lowest BCUT2D eigenvalue weighted by atomic mass is 10.1. The molecule has 3 aromatic heterocycles. The van der Waals surface area contributed by atoms with E-state index in [4.69, 9.17) is 10.4 Å². The minimum Gasteiger partial charge on any atom is -0.352 e. The summed E-state index contributed by atoms with van der Waals surface area (Å²) in [5.41, 5.74) is 1.25. The average Bonchev–Trinajstić information content (AvgIpc) is 3.30. The van der Waals surface area contributed by atoms with Crippen molar-refractivity contribution in [3.05, 3.63) is 51.9 Å². The summed E-state index contributed by atoms with van der Waals surface area (Å²) >= 11 is 0. The van der Waals surface area contributed by atoms with Crippen LogP contribution in [0.4, 0.5) is 0 Å². The van der Waals surface area contributed by atoms with Crippen molar-refractivity contribution in [2.45, 2.75) is 70.8 Å². The van der Waals surface area contributed by atoms with Gasteiger partial charge < -0.3 is 9.88 Å². The molecule has 0 aliphatic heterocycles. The molecule has 1 aliphatic carbocycles. The fourth-order valence-corrected chi connectivity index (χ4v) is 4.57. The highest BCUT2D eigenvalue weighted by molar-refractivity contribution is 5.96. The first-order valence-electron chi connectivity index (χ1n) is 11.5. The Morgan fingerprint density at radius 2 is 1.97 bits per heavy atom. The zero-order valence-corrected chi connectivity index (χ0v) is 18.2. The number of nitrogens with zero attached hydrogens (tertiary/aromatic N) is 3. The predicted octanol–water partition coefficient (Wildman–Crippen LogP) is 3.94. The lowest BCUT2D eigenvalue weighted by Crippen LogP contribution is -2.36. The van der Waals surface area contributed by atoms with Crippen LogP contribution in [0.25, 0.3) is 16.7 Å². The van der Waals surface area contributed by atoms with Gasteiger partial charge in [-0.3, -0.25) is 19.4 Å². The molecule has 2 N–H and O–H groups in total. The molecule has 31 heavy (non-hydrogen) atoms. The van der Waals surface area contributed by atoms with Crippen LogP contribution >= 0.6 is 0 Å². The van der Waals surface area contributed by atoms with E-state index in [0.717, 1.165) is 38.5 Å². The lowest BCUT2D eigenvalue weighted by molar-refractivity contribution is 0.0950. The minimum absolute atomic E-state index is 0.0925. The molecule has 4 rings (SSSR count). The van der Waals surface area contributed by atoms with E-state index in [-0.39, 0.29) is 28.6 Å². The van der Waals surface area contributed by atoms with Gasteiger partial charge in [0.1, 0.15) is 16.8 Å². The largest absolute Gasteiger partial charge is 0.352 e. The highest BCUT2D eigenvalue weighted by atomic mass is 16.1. The molecule has 0 unspecified atom stereocenters. The van der Waals surface area contributed by atoms with E-state index in [1.54, 1.807) is 24.4 Å². The highest BCUT2D eigenvalue weighted by Gasteiger charge is 2.24. The van der Waals surface area contributed by atoms with E-state index in [0.29, 0.717) is 23.2 Å². The number of carbonyl (C=O) groups is 1. The molecule has 7 nitrogen and oxygen atoms in total. The standard InChI is InChI=1S/C24H31N5O2/c1-2-3-4-5-9-14-26-23(30)18-16-19-22(29(21(18)25)17-11-6-7-12-17)27-20-13-8-10-15-28(20)24(19)31/h8,10,13,15-17,25H,2-7,9,11-12,14H2,1H3,(H,26,30). The van der Waals surface area contributed by atoms with Crippen molar-refractivity contribution in [1.82, 2.24) is 19.3 Å². The Morgan fingerprint density at radius 3 is 2.74 bits per heavy atom. The summed E-state index contributed by atoms with van der Waals surface area (Å²) in [6.45, 7) is 2.76. The van der Waals surface area contributed by atoms with Crippen LogP contribution in [0.3, 0.4) is 0 Å². The zero-order chi connectivity index (χ0) is 21.8. The first kappa shape index (κ1) is 21.3. The van der Waals surface area contributed by atoms with Crippen molar-refractivity contribution in [3.8, 4) is 0 Å². The second-order valence-electron chi connectivity index (χ2n) is 8.47. The van der Waals surface area contributed by atoms with Gasteiger partial charge in [-0.2, -0.15) is 0 Å². The van der Waals surface area contributed by atoms with Gasteiger partial charge in [0.25, 0.3) is 11.5 Å². The van der Waals surface area contributed by atoms with Crippen LogP contribution in [-0.2, 0) is 0 Å². The molecule has 0 saturated heterocycles. The van der Waals surface area contributed by atoms with Crippen LogP contribution in [0.15, 0.2) is 35.3 Å². The van der Waals surface area contributed by atoms with Gasteiger partial charge in [0.2, 0.25) is 0 Å². The smallest absolute Gasteiger partial charge is 0.267 e. The Balaban J connectivity index is 1.75. The van der Waals surface area contributed by atoms with Crippen molar-refractivity contribution in [2.75, 3.05) is 6.54 Å². The Morgan fingerprint density at radius 1 is 1.19 bits per heavy atom. The highest BCUT2D eigenvalue weighted by Crippen LogP contribution is 2.30. The molecule has 0 atom stereocenters.